The number of morpholine rings is 1. The van der Waals surface area contributed by atoms with Crippen molar-refractivity contribution in [3.8, 4) is 0 Å². The first-order valence-corrected chi connectivity index (χ1v) is 8.75. The van der Waals surface area contributed by atoms with E-state index < -0.39 is 0 Å². The standard InChI is InChI=1S/C18H27N3O3/c1-13(21-8-10-23-11-9-21)14-2-4-15(5-3-14)20-18(22)17-7-6-16(12-19)24-17/h2-5,13,16-17H,6-12,19H2,1H3,(H,20,22)/t13?,16-,17+/m1/s1. The molecule has 3 N–H and O–H groups in total. The lowest BCUT2D eigenvalue weighted by molar-refractivity contribution is -0.126. The number of amides is 1. The molecule has 0 saturated carbocycles. The van der Waals surface area contributed by atoms with Gasteiger partial charge in [-0.3, -0.25) is 9.69 Å². The van der Waals surface area contributed by atoms with Crippen molar-refractivity contribution in [2.45, 2.75) is 38.0 Å². The van der Waals surface area contributed by atoms with Crippen molar-refractivity contribution in [2.24, 2.45) is 5.73 Å². The number of anilines is 1. The van der Waals surface area contributed by atoms with E-state index in [9.17, 15) is 4.79 Å². The van der Waals surface area contributed by atoms with Crippen molar-refractivity contribution >= 4 is 11.6 Å². The number of carbonyl (C=O) groups excluding carboxylic acids is 1. The zero-order valence-corrected chi connectivity index (χ0v) is 14.2. The summed E-state index contributed by atoms with van der Waals surface area (Å²) in [5.74, 6) is -0.0834. The Morgan fingerprint density at radius 3 is 2.62 bits per heavy atom. The van der Waals surface area contributed by atoms with Crippen molar-refractivity contribution in [3.63, 3.8) is 0 Å². The Labute approximate surface area is 143 Å². The Balaban J connectivity index is 1.55. The number of nitrogens with zero attached hydrogens (tertiary/aromatic N) is 1. The number of hydrogen-bond acceptors (Lipinski definition) is 5. The van der Waals surface area contributed by atoms with Gasteiger partial charge in [-0.1, -0.05) is 12.1 Å². The highest BCUT2D eigenvalue weighted by Crippen LogP contribution is 2.24. The topological polar surface area (TPSA) is 76.8 Å². The lowest BCUT2D eigenvalue weighted by atomic mass is 10.1. The smallest absolute Gasteiger partial charge is 0.253 e. The molecule has 3 atom stereocenters. The predicted molar refractivity (Wildman–Crippen MR) is 92.8 cm³/mol. The van der Waals surface area contributed by atoms with E-state index in [1.165, 1.54) is 5.56 Å². The molecule has 0 radical (unpaired) electrons. The Hall–Kier alpha value is -1.47. The minimum Gasteiger partial charge on any atom is -0.379 e. The van der Waals surface area contributed by atoms with Gasteiger partial charge in [-0.25, -0.2) is 0 Å². The van der Waals surface area contributed by atoms with Crippen molar-refractivity contribution in [1.29, 1.82) is 0 Å². The molecule has 132 valence electrons. The molecule has 2 saturated heterocycles. The third-order valence-corrected chi connectivity index (χ3v) is 4.92. The second-order valence-electron chi connectivity index (χ2n) is 6.50. The van der Waals surface area contributed by atoms with Gasteiger partial charge in [0.15, 0.2) is 0 Å². The molecule has 0 aromatic heterocycles. The fourth-order valence-electron chi connectivity index (χ4n) is 3.32. The first kappa shape index (κ1) is 17.4. The summed E-state index contributed by atoms with van der Waals surface area (Å²) in [6, 6.07) is 8.42. The average Bonchev–Trinajstić information content (AvgIpc) is 3.12. The van der Waals surface area contributed by atoms with Gasteiger partial charge < -0.3 is 20.5 Å². The maximum Gasteiger partial charge on any atom is 0.253 e. The molecule has 1 unspecified atom stereocenters. The van der Waals surface area contributed by atoms with E-state index in [1.807, 2.05) is 12.1 Å². The van der Waals surface area contributed by atoms with Gasteiger partial charge in [-0.05, 0) is 37.5 Å². The summed E-state index contributed by atoms with van der Waals surface area (Å²) in [5, 5.41) is 2.94. The Morgan fingerprint density at radius 1 is 1.29 bits per heavy atom. The average molecular weight is 333 g/mol. The number of hydrogen-bond donors (Lipinski definition) is 2. The molecule has 2 fully saturated rings. The van der Waals surface area contributed by atoms with E-state index >= 15 is 0 Å². The van der Waals surface area contributed by atoms with Crippen molar-refractivity contribution in [2.75, 3.05) is 38.2 Å². The summed E-state index contributed by atoms with van der Waals surface area (Å²) in [4.78, 5) is 14.7. The number of carbonyl (C=O) groups is 1. The molecule has 1 amide bonds. The molecule has 2 heterocycles. The summed E-state index contributed by atoms with van der Waals surface area (Å²) in [6.45, 7) is 6.19. The maximum atomic E-state index is 12.2. The highest BCUT2D eigenvalue weighted by Gasteiger charge is 2.29. The molecule has 0 aliphatic carbocycles. The maximum absolute atomic E-state index is 12.2. The molecule has 3 rings (SSSR count). The van der Waals surface area contributed by atoms with E-state index in [1.54, 1.807) is 0 Å². The van der Waals surface area contributed by atoms with E-state index in [4.69, 9.17) is 15.2 Å². The monoisotopic (exact) mass is 333 g/mol. The van der Waals surface area contributed by atoms with Crippen LogP contribution in [0.3, 0.4) is 0 Å². The van der Waals surface area contributed by atoms with Crippen LogP contribution in [-0.4, -0.2) is 55.9 Å². The summed E-state index contributed by atoms with van der Waals surface area (Å²) >= 11 is 0. The molecular formula is C18H27N3O3. The number of ether oxygens (including phenoxy) is 2. The van der Waals surface area contributed by atoms with Crippen molar-refractivity contribution in [1.82, 2.24) is 4.90 Å². The summed E-state index contributed by atoms with van der Waals surface area (Å²) < 4.78 is 11.0. The van der Waals surface area contributed by atoms with Crippen LogP contribution in [0.25, 0.3) is 0 Å². The first-order valence-electron chi connectivity index (χ1n) is 8.75. The molecule has 24 heavy (non-hydrogen) atoms. The van der Waals surface area contributed by atoms with E-state index in [2.05, 4.69) is 29.3 Å². The fourth-order valence-corrected chi connectivity index (χ4v) is 3.32. The van der Waals surface area contributed by atoms with Gasteiger partial charge >= 0.3 is 0 Å². The van der Waals surface area contributed by atoms with Crippen LogP contribution >= 0.6 is 0 Å². The summed E-state index contributed by atoms with van der Waals surface area (Å²) in [7, 11) is 0. The van der Waals surface area contributed by atoms with E-state index in [0.29, 0.717) is 12.6 Å². The van der Waals surface area contributed by atoms with Gasteiger partial charge in [0.1, 0.15) is 6.10 Å². The van der Waals surface area contributed by atoms with Crippen molar-refractivity contribution in [3.05, 3.63) is 29.8 Å². The lowest BCUT2D eigenvalue weighted by Crippen LogP contribution is -2.38. The van der Waals surface area contributed by atoms with Crippen LogP contribution in [0.4, 0.5) is 5.69 Å². The zero-order chi connectivity index (χ0) is 16.9. The second kappa shape index (κ2) is 8.07. The number of rotatable bonds is 5. The molecule has 6 nitrogen and oxygen atoms in total. The van der Waals surface area contributed by atoms with Crippen LogP contribution in [0.2, 0.25) is 0 Å². The fraction of sp³-hybridized carbons (Fsp3) is 0.611. The molecule has 2 aliphatic heterocycles. The van der Waals surface area contributed by atoms with Gasteiger partial charge in [0.2, 0.25) is 0 Å². The van der Waals surface area contributed by atoms with Gasteiger partial charge in [0, 0.05) is 31.4 Å². The minimum atomic E-state index is -0.384. The number of benzene rings is 1. The van der Waals surface area contributed by atoms with Crippen LogP contribution in [-0.2, 0) is 14.3 Å². The largest absolute Gasteiger partial charge is 0.379 e. The van der Waals surface area contributed by atoms with Gasteiger partial charge in [-0.2, -0.15) is 0 Å². The minimum absolute atomic E-state index is 0.0116. The van der Waals surface area contributed by atoms with Crippen LogP contribution < -0.4 is 11.1 Å². The van der Waals surface area contributed by atoms with Crippen LogP contribution in [0.15, 0.2) is 24.3 Å². The van der Waals surface area contributed by atoms with E-state index in [-0.39, 0.29) is 18.1 Å². The zero-order valence-electron chi connectivity index (χ0n) is 14.2. The SMILES string of the molecule is CC(c1ccc(NC(=O)[C@@H]2CC[C@H](CN)O2)cc1)N1CCOCC1. The van der Waals surface area contributed by atoms with Crippen molar-refractivity contribution < 1.29 is 14.3 Å². The third kappa shape index (κ3) is 4.13. The van der Waals surface area contributed by atoms with Gasteiger partial charge in [0.05, 0.1) is 19.3 Å². The molecule has 6 heteroatoms. The Morgan fingerprint density at radius 2 is 2.00 bits per heavy atom. The summed E-state index contributed by atoms with van der Waals surface area (Å²) in [5.41, 5.74) is 7.64. The van der Waals surface area contributed by atoms with E-state index in [0.717, 1.165) is 44.8 Å². The Bertz CT molecular complexity index is 543. The normalized spacial score (nSPS) is 26.2. The molecule has 1 aromatic carbocycles. The summed E-state index contributed by atoms with van der Waals surface area (Å²) in [6.07, 6.45) is 1.22. The second-order valence-corrected chi connectivity index (χ2v) is 6.50. The van der Waals surface area contributed by atoms with Gasteiger partial charge in [0.25, 0.3) is 5.91 Å². The van der Waals surface area contributed by atoms with Crippen LogP contribution in [0.5, 0.6) is 0 Å². The highest BCUT2D eigenvalue weighted by molar-refractivity contribution is 5.94. The molecule has 2 aliphatic rings. The van der Waals surface area contributed by atoms with Crippen LogP contribution in [0.1, 0.15) is 31.4 Å². The molecular weight excluding hydrogens is 306 g/mol. The first-order chi connectivity index (χ1) is 11.7. The number of nitrogens with two attached hydrogens (primary N) is 1. The highest BCUT2D eigenvalue weighted by atomic mass is 16.5. The molecule has 0 spiro atoms. The lowest BCUT2D eigenvalue weighted by Gasteiger charge is -2.32. The molecule has 1 aromatic rings. The Kier molecular flexibility index (Phi) is 5.84. The van der Waals surface area contributed by atoms with Crippen LogP contribution in [0, 0.1) is 0 Å². The third-order valence-electron chi connectivity index (χ3n) is 4.92. The predicted octanol–water partition coefficient (Wildman–Crippen LogP) is 1.52. The number of nitrogens with one attached hydrogen (secondary N) is 1. The molecule has 0 bridgehead atoms. The quantitative estimate of drug-likeness (QED) is 0.854. The van der Waals surface area contributed by atoms with Gasteiger partial charge in [-0.15, -0.1) is 0 Å².